The molecular formula is C35H45ClN6O4Si. The Balaban J connectivity index is 1.60. The number of pyridine rings is 1. The van der Waals surface area contributed by atoms with Crippen molar-refractivity contribution in [3.05, 3.63) is 51.7 Å². The number of ether oxygens (including phenoxy) is 2. The molecule has 2 aliphatic rings. The molecule has 0 N–H and O–H groups in total. The third kappa shape index (κ3) is 6.00. The monoisotopic (exact) mass is 676 g/mol. The fourth-order valence-corrected chi connectivity index (χ4v) is 8.34. The zero-order chi connectivity index (χ0) is 33.9. The summed E-state index contributed by atoms with van der Waals surface area (Å²) in [6.07, 6.45) is 5.84. The van der Waals surface area contributed by atoms with Gasteiger partial charge in [0.25, 0.3) is 0 Å². The largest absolute Gasteiger partial charge is 0.444 e. The summed E-state index contributed by atoms with van der Waals surface area (Å²) >= 11 is 7.26. The molecule has 47 heavy (non-hydrogen) atoms. The number of carbonyl (C=O) groups excluding carboxylic acids is 1. The van der Waals surface area contributed by atoms with Crippen molar-refractivity contribution in [2.24, 2.45) is 12.5 Å². The molecule has 1 saturated carbocycles. The van der Waals surface area contributed by atoms with Gasteiger partial charge in [-0.2, -0.15) is 5.26 Å². The summed E-state index contributed by atoms with van der Waals surface area (Å²) in [5, 5.41) is 10.6. The lowest BCUT2D eigenvalue weighted by molar-refractivity contribution is -0.131. The number of carbonyl (C=O) groups is 1. The predicted octanol–water partition coefficient (Wildman–Crippen LogP) is 7.89. The number of halogens is 1. The van der Waals surface area contributed by atoms with Gasteiger partial charge < -0.3 is 9.47 Å². The number of hydrogen-bond donors (Lipinski definition) is 0. The lowest BCUT2D eigenvalue weighted by Gasteiger charge is -2.58. The minimum absolute atomic E-state index is 0.197. The van der Waals surface area contributed by atoms with E-state index in [1.54, 1.807) is 39.4 Å². The average Bonchev–Trinajstić information content (AvgIpc) is 3.42. The van der Waals surface area contributed by atoms with Gasteiger partial charge in [-0.25, -0.2) is 14.6 Å². The fraction of sp³-hybridized carbons (Fsp3) is 0.543. The molecule has 4 heterocycles. The molecule has 1 aromatic carbocycles. The van der Waals surface area contributed by atoms with Crippen LogP contribution in [0.4, 0.5) is 4.79 Å². The van der Waals surface area contributed by atoms with Gasteiger partial charge in [0, 0.05) is 39.3 Å². The number of aromatic nitrogens is 4. The van der Waals surface area contributed by atoms with E-state index in [9.17, 15) is 14.9 Å². The van der Waals surface area contributed by atoms with Gasteiger partial charge in [-0.15, -0.1) is 0 Å². The van der Waals surface area contributed by atoms with Crippen molar-refractivity contribution in [2.45, 2.75) is 97.1 Å². The fourth-order valence-electron chi connectivity index (χ4n) is 7.25. The van der Waals surface area contributed by atoms with Crippen molar-refractivity contribution in [3.63, 3.8) is 0 Å². The van der Waals surface area contributed by atoms with Crippen molar-refractivity contribution >= 4 is 47.8 Å². The number of likely N-dealkylation sites (tertiary alicyclic amines) is 1. The van der Waals surface area contributed by atoms with E-state index in [2.05, 4.69) is 25.7 Å². The highest BCUT2D eigenvalue weighted by atomic mass is 35.5. The summed E-state index contributed by atoms with van der Waals surface area (Å²) in [4.78, 5) is 34.7. The van der Waals surface area contributed by atoms with Crippen LogP contribution in [0.25, 0.3) is 33.2 Å². The molecule has 0 radical (unpaired) electrons. The lowest BCUT2D eigenvalue weighted by atomic mass is 9.65. The molecule has 12 heteroatoms. The van der Waals surface area contributed by atoms with E-state index in [1.165, 1.54) is 0 Å². The zero-order valence-electron chi connectivity index (χ0n) is 28.5. The molecule has 10 nitrogen and oxygen atoms in total. The number of amides is 1. The number of nitriles is 1. The quantitative estimate of drug-likeness (QED) is 0.146. The van der Waals surface area contributed by atoms with Crippen LogP contribution in [0, 0.1) is 16.7 Å². The Kier molecular flexibility index (Phi) is 8.60. The molecule has 1 atom stereocenters. The van der Waals surface area contributed by atoms with Crippen molar-refractivity contribution < 1.29 is 14.3 Å². The molecule has 0 bridgehead atoms. The first-order valence-corrected chi connectivity index (χ1v) is 20.6. The number of nitrogens with zero attached hydrogens (tertiary/aromatic N) is 6. The normalized spacial score (nSPS) is 18.1. The molecular weight excluding hydrogens is 632 g/mol. The first-order chi connectivity index (χ1) is 22.2. The maximum Gasteiger partial charge on any atom is 0.411 e. The van der Waals surface area contributed by atoms with Gasteiger partial charge in [0.2, 0.25) is 0 Å². The molecule has 1 aliphatic heterocycles. The molecule has 4 aromatic rings. The van der Waals surface area contributed by atoms with Crippen molar-refractivity contribution in [1.82, 2.24) is 23.6 Å². The standard InChI is InChI=1S/C35H45ClN6O4Si/c1-34(2,3)46-33(44)40-21-35(15-9-8-10-16-35)31(40)42-28-25(39(4)32(42)43)20-38-30-27(28)26(24-13-11-23(19-37)12-14-24)29(36)41(30)22-45-17-18-47(5,6)7/h11-14,20,31H,8-10,15-18,21-22H2,1-7H3. The Morgan fingerprint density at radius 3 is 2.45 bits per heavy atom. The average molecular weight is 677 g/mol. The number of benzene rings is 1. The van der Waals surface area contributed by atoms with Crippen LogP contribution < -0.4 is 5.69 Å². The second kappa shape index (κ2) is 12.1. The topological polar surface area (TPSA) is 107 Å². The van der Waals surface area contributed by atoms with Crippen LogP contribution in [0.15, 0.2) is 35.3 Å². The first-order valence-electron chi connectivity index (χ1n) is 16.5. The molecule has 250 valence electrons. The number of hydrogen-bond acceptors (Lipinski definition) is 6. The molecule has 1 amide bonds. The zero-order valence-corrected chi connectivity index (χ0v) is 30.3. The van der Waals surface area contributed by atoms with Gasteiger partial charge in [0.1, 0.15) is 29.3 Å². The second-order valence-electron chi connectivity index (χ2n) is 15.4. The van der Waals surface area contributed by atoms with E-state index in [1.807, 2.05) is 37.5 Å². The van der Waals surface area contributed by atoms with Crippen LogP contribution >= 0.6 is 11.6 Å². The van der Waals surface area contributed by atoms with Gasteiger partial charge in [0.05, 0.1) is 34.2 Å². The number of aryl methyl sites for hydroxylation is 1. The minimum Gasteiger partial charge on any atom is -0.444 e. The van der Waals surface area contributed by atoms with E-state index in [0.717, 1.165) is 43.7 Å². The van der Waals surface area contributed by atoms with Crippen molar-refractivity contribution in [2.75, 3.05) is 13.2 Å². The number of rotatable bonds is 7. The molecule has 2 fully saturated rings. The Morgan fingerprint density at radius 2 is 1.83 bits per heavy atom. The van der Waals surface area contributed by atoms with E-state index in [0.29, 0.717) is 51.5 Å². The van der Waals surface area contributed by atoms with Crippen LogP contribution in [-0.4, -0.2) is 56.5 Å². The summed E-state index contributed by atoms with van der Waals surface area (Å²) < 4.78 is 17.3. The Bertz CT molecular complexity index is 1930. The number of fused-ring (bicyclic) bond motifs is 3. The highest BCUT2D eigenvalue weighted by molar-refractivity contribution is 6.76. The van der Waals surface area contributed by atoms with Crippen LogP contribution in [0.1, 0.15) is 64.6 Å². The first kappa shape index (κ1) is 33.3. The van der Waals surface area contributed by atoms with Gasteiger partial charge in [-0.05, 0) is 57.4 Å². The molecule has 1 aliphatic carbocycles. The molecule has 1 saturated heterocycles. The molecule has 3 aromatic heterocycles. The molecule has 1 spiro atoms. The Labute approximate surface area is 281 Å². The SMILES string of the molecule is Cn1c(=O)n(C2N(C(=O)OC(C)(C)C)CC23CCCCC3)c2c3c(-c4ccc(C#N)cc4)c(Cl)n(COCC[Si](C)(C)C)c3ncc21. The van der Waals surface area contributed by atoms with E-state index < -0.39 is 25.9 Å². The van der Waals surface area contributed by atoms with Gasteiger partial charge in [-0.3, -0.25) is 18.6 Å². The number of imidazole rings is 1. The van der Waals surface area contributed by atoms with Gasteiger partial charge in [0.15, 0.2) is 0 Å². The summed E-state index contributed by atoms with van der Waals surface area (Å²) in [5.74, 6) is 0. The summed E-state index contributed by atoms with van der Waals surface area (Å²) in [7, 11) is 0.428. The molecule has 1 unspecified atom stereocenters. The minimum atomic E-state index is -1.32. The lowest BCUT2D eigenvalue weighted by Crippen LogP contribution is -2.65. The van der Waals surface area contributed by atoms with E-state index in [-0.39, 0.29) is 17.8 Å². The third-order valence-electron chi connectivity index (χ3n) is 9.63. The smallest absolute Gasteiger partial charge is 0.411 e. The van der Waals surface area contributed by atoms with Crippen LogP contribution in [0.5, 0.6) is 0 Å². The van der Waals surface area contributed by atoms with Crippen LogP contribution in [0.2, 0.25) is 30.8 Å². The highest BCUT2D eigenvalue weighted by Gasteiger charge is 2.57. The maximum atomic E-state index is 14.4. The Morgan fingerprint density at radius 1 is 1.15 bits per heavy atom. The summed E-state index contributed by atoms with van der Waals surface area (Å²) in [6, 6.07) is 10.5. The van der Waals surface area contributed by atoms with E-state index in [4.69, 9.17) is 26.1 Å². The van der Waals surface area contributed by atoms with Crippen LogP contribution in [0.3, 0.4) is 0 Å². The third-order valence-corrected chi connectivity index (χ3v) is 11.7. The van der Waals surface area contributed by atoms with Gasteiger partial charge >= 0.3 is 11.8 Å². The van der Waals surface area contributed by atoms with Gasteiger partial charge in [-0.1, -0.05) is 62.6 Å². The Hall–Kier alpha value is -3.59. The highest BCUT2D eigenvalue weighted by Crippen LogP contribution is 2.56. The summed E-state index contributed by atoms with van der Waals surface area (Å²) in [6.45, 7) is 13.8. The maximum absolute atomic E-state index is 14.4. The summed E-state index contributed by atoms with van der Waals surface area (Å²) in [5.41, 5.74) is 2.80. The molecule has 6 rings (SSSR count). The van der Waals surface area contributed by atoms with Crippen molar-refractivity contribution in [1.29, 1.82) is 5.26 Å². The van der Waals surface area contributed by atoms with E-state index >= 15 is 0 Å². The van der Waals surface area contributed by atoms with Crippen LogP contribution in [-0.2, 0) is 23.3 Å². The second-order valence-corrected chi connectivity index (χ2v) is 21.4. The predicted molar refractivity (Wildman–Crippen MR) is 187 cm³/mol. The van der Waals surface area contributed by atoms with Crippen molar-refractivity contribution in [3.8, 4) is 17.2 Å².